The Bertz CT molecular complexity index is 1360. The van der Waals surface area contributed by atoms with E-state index in [0.717, 1.165) is 89.9 Å². The van der Waals surface area contributed by atoms with Crippen LogP contribution in [-0.4, -0.2) is 37.2 Å². The zero-order valence-corrected chi connectivity index (χ0v) is 48.4. The lowest BCUT2D eigenvalue weighted by molar-refractivity contribution is -0.167. The monoisotopic (exact) mass is 1020 g/mol. The summed E-state index contributed by atoms with van der Waals surface area (Å²) < 4.78 is 16.8. The Balaban J connectivity index is 4.25. The smallest absolute Gasteiger partial charge is 0.306 e. The van der Waals surface area contributed by atoms with Crippen molar-refractivity contribution in [1.82, 2.24) is 0 Å². The molecular weight excluding hydrogens is 901 g/mol. The maximum atomic E-state index is 12.8. The summed E-state index contributed by atoms with van der Waals surface area (Å²) in [6, 6.07) is 0. The van der Waals surface area contributed by atoms with Gasteiger partial charge in [-0.05, 0) is 70.6 Å². The van der Waals surface area contributed by atoms with Crippen molar-refractivity contribution in [3.05, 3.63) is 72.9 Å². The highest BCUT2D eigenvalue weighted by atomic mass is 16.6. The van der Waals surface area contributed by atoms with Crippen LogP contribution in [0.15, 0.2) is 72.9 Å². The van der Waals surface area contributed by atoms with Gasteiger partial charge in [0.2, 0.25) is 0 Å². The second-order valence-electron chi connectivity index (χ2n) is 21.0. The molecule has 0 aromatic carbocycles. The zero-order valence-electron chi connectivity index (χ0n) is 48.4. The molecule has 0 saturated heterocycles. The molecule has 0 aromatic heterocycles. The topological polar surface area (TPSA) is 78.9 Å². The van der Waals surface area contributed by atoms with E-state index in [1.807, 2.05) is 0 Å². The highest BCUT2D eigenvalue weighted by Crippen LogP contribution is 2.17. The molecule has 0 aliphatic rings. The molecule has 73 heavy (non-hydrogen) atoms. The van der Waals surface area contributed by atoms with Crippen LogP contribution in [0.5, 0.6) is 0 Å². The van der Waals surface area contributed by atoms with E-state index in [0.29, 0.717) is 19.3 Å². The quantitative estimate of drug-likeness (QED) is 0.0261. The van der Waals surface area contributed by atoms with E-state index < -0.39 is 6.10 Å². The summed E-state index contributed by atoms with van der Waals surface area (Å²) >= 11 is 0. The molecule has 0 fully saturated rings. The maximum absolute atomic E-state index is 12.8. The summed E-state index contributed by atoms with van der Waals surface area (Å²) in [5, 5.41) is 0. The molecule has 0 N–H and O–H groups in total. The number of allylic oxidation sites excluding steroid dienone is 12. The molecule has 0 bridgehead atoms. The van der Waals surface area contributed by atoms with Crippen LogP contribution >= 0.6 is 0 Å². The van der Waals surface area contributed by atoms with Gasteiger partial charge < -0.3 is 14.2 Å². The molecule has 0 rings (SSSR count). The van der Waals surface area contributed by atoms with Gasteiger partial charge in [0.05, 0.1) is 0 Å². The van der Waals surface area contributed by atoms with Crippen LogP contribution in [0.3, 0.4) is 0 Å². The third-order valence-corrected chi connectivity index (χ3v) is 13.7. The van der Waals surface area contributed by atoms with Crippen molar-refractivity contribution in [2.24, 2.45) is 0 Å². The average molecular weight is 1020 g/mol. The lowest BCUT2D eigenvalue weighted by atomic mass is 10.0. The standard InChI is InChI=1S/C67H118O6/c1-4-7-10-13-16-19-21-23-25-27-29-31-32-33-34-36-37-39-41-43-45-48-51-54-57-60-66(69)72-63-64(62-71-65(68)59-56-53-50-47-18-15-12-9-6-3)73-67(70)61-58-55-52-49-46-44-42-40-38-35-30-28-26-24-22-20-17-14-11-8-5-2/h8,11,17,20,24,26,30,35,40,42,46,49,64H,4-7,9-10,12-16,18-19,21-23,25,27-29,31-34,36-39,41,43-45,47-48,50-63H2,1-3H3/b11-8-,20-17-,26-24-,35-30-,42-40-,49-46-. The van der Waals surface area contributed by atoms with Gasteiger partial charge in [-0.2, -0.15) is 0 Å². The van der Waals surface area contributed by atoms with E-state index in [2.05, 4.69) is 93.7 Å². The first-order valence-corrected chi connectivity index (χ1v) is 31.4. The van der Waals surface area contributed by atoms with E-state index in [4.69, 9.17) is 14.2 Å². The minimum absolute atomic E-state index is 0.0894. The van der Waals surface area contributed by atoms with Crippen LogP contribution in [0, 0.1) is 0 Å². The summed E-state index contributed by atoms with van der Waals surface area (Å²) in [5.74, 6) is -0.923. The SMILES string of the molecule is CC/C=C\C/C=C\C/C=C\C/C=C\C/C=C\C/C=C\CCCCC(=O)OC(COC(=O)CCCCCCCCCCC)COC(=O)CCCCCCCCCCCCCCCCCCCCCCCCCCC. The van der Waals surface area contributed by atoms with Gasteiger partial charge >= 0.3 is 17.9 Å². The second kappa shape index (κ2) is 61.4. The van der Waals surface area contributed by atoms with Crippen LogP contribution < -0.4 is 0 Å². The minimum atomic E-state index is -0.795. The molecule has 0 aliphatic carbocycles. The zero-order chi connectivity index (χ0) is 52.9. The molecule has 0 aliphatic heterocycles. The van der Waals surface area contributed by atoms with Crippen molar-refractivity contribution >= 4 is 17.9 Å². The average Bonchev–Trinajstić information content (AvgIpc) is 3.39. The molecule has 6 heteroatoms. The van der Waals surface area contributed by atoms with E-state index >= 15 is 0 Å². The van der Waals surface area contributed by atoms with Crippen molar-refractivity contribution in [3.63, 3.8) is 0 Å². The van der Waals surface area contributed by atoms with Crippen molar-refractivity contribution < 1.29 is 28.6 Å². The minimum Gasteiger partial charge on any atom is -0.462 e. The number of unbranched alkanes of at least 4 members (excludes halogenated alkanes) is 34. The highest BCUT2D eigenvalue weighted by Gasteiger charge is 2.19. The Labute approximate surface area is 453 Å². The fourth-order valence-electron chi connectivity index (χ4n) is 9.04. The van der Waals surface area contributed by atoms with E-state index in [9.17, 15) is 14.4 Å². The van der Waals surface area contributed by atoms with E-state index in [1.165, 1.54) is 180 Å². The highest BCUT2D eigenvalue weighted by molar-refractivity contribution is 5.71. The summed E-state index contributed by atoms with van der Waals surface area (Å²) in [5.41, 5.74) is 0. The summed E-state index contributed by atoms with van der Waals surface area (Å²) in [7, 11) is 0. The van der Waals surface area contributed by atoms with E-state index in [-0.39, 0.29) is 37.5 Å². The van der Waals surface area contributed by atoms with Crippen molar-refractivity contribution in [1.29, 1.82) is 0 Å². The number of hydrogen-bond donors (Lipinski definition) is 0. The molecule has 0 spiro atoms. The normalized spacial score (nSPS) is 12.5. The number of carbonyl (C=O) groups is 3. The van der Waals surface area contributed by atoms with Crippen LogP contribution in [0.2, 0.25) is 0 Å². The summed E-state index contributed by atoms with van der Waals surface area (Å²) in [4.78, 5) is 38.1. The molecule has 1 unspecified atom stereocenters. The predicted octanol–water partition coefficient (Wildman–Crippen LogP) is 21.3. The van der Waals surface area contributed by atoms with Gasteiger partial charge in [0.25, 0.3) is 0 Å². The first kappa shape index (κ1) is 69.8. The molecule has 6 nitrogen and oxygen atoms in total. The van der Waals surface area contributed by atoms with Crippen LogP contribution in [0.1, 0.15) is 316 Å². The van der Waals surface area contributed by atoms with Crippen LogP contribution in [0.4, 0.5) is 0 Å². The molecule has 0 aromatic rings. The van der Waals surface area contributed by atoms with Gasteiger partial charge in [-0.25, -0.2) is 0 Å². The van der Waals surface area contributed by atoms with Crippen LogP contribution in [-0.2, 0) is 28.6 Å². The number of carbonyl (C=O) groups excluding carboxylic acids is 3. The van der Waals surface area contributed by atoms with Crippen molar-refractivity contribution in [2.45, 2.75) is 322 Å². The second-order valence-corrected chi connectivity index (χ2v) is 21.0. The van der Waals surface area contributed by atoms with Gasteiger partial charge in [-0.15, -0.1) is 0 Å². The third-order valence-electron chi connectivity index (χ3n) is 13.7. The lowest BCUT2D eigenvalue weighted by Crippen LogP contribution is -2.30. The van der Waals surface area contributed by atoms with Gasteiger partial charge in [-0.1, -0.05) is 299 Å². The summed E-state index contributed by atoms with van der Waals surface area (Å²) in [6.45, 7) is 6.51. The number of hydrogen-bond acceptors (Lipinski definition) is 6. The molecule has 1 atom stereocenters. The molecule has 0 radical (unpaired) electrons. The van der Waals surface area contributed by atoms with E-state index in [1.54, 1.807) is 0 Å². The Morgan fingerprint density at radius 2 is 0.534 bits per heavy atom. The molecule has 0 heterocycles. The molecule has 0 saturated carbocycles. The van der Waals surface area contributed by atoms with Gasteiger partial charge in [-0.3, -0.25) is 14.4 Å². The number of rotatable bonds is 57. The largest absolute Gasteiger partial charge is 0.462 e. The Kier molecular flexibility index (Phi) is 58.7. The Morgan fingerprint density at radius 3 is 0.836 bits per heavy atom. The number of ether oxygens (including phenoxy) is 3. The summed E-state index contributed by atoms with van der Waals surface area (Å²) in [6.07, 6.45) is 79.3. The fourth-order valence-corrected chi connectivity index (χ4v) is 9.04. The Morgan fingerprint density at radius 1 is 0.288 bits per heavy atom. The predicted molar refractivity (Wildman–Crippen MR) is 316 cm³/mol. The maximum Gasteiger partial charge on any atom is 0.306 e. The van der Waals surface area contributed by atoms with Gasteiger partial charge in [0.15, 0.2) is 6.10 Å². The molecule has 422 valence electrons. The fraction of sp³-hybridized carbons (Fsp3) is 0.776. The lowest BCUT2D eigenvalue weighted by Gasteiger charge is -2.18. The molecular formula is C67H118O6. The van der Waals surface area contributed by atoms with Crippen molar-refractivity contribution in [2.75, 3.05) is 13.2 Å². The third kappa shape index (κ3) is 59.6. The van der Waals surface area contributed by atoms with Gasteiger partial charge in [0.1, 0.15) is 13.2 Å². The number of esters is 3. The Hall–Kier alpha value is -3.15. The van der Waals surface area contributed by atoms with Crippen molar-refractivity contribution in [3.8, 4) is 0 Å². The molecule has 0 amide bonds. The first-order chi connectivity index (χ1) is 36.0. The van der Waals surface area contributed by atoms with Gasteiger partial charge in [0, 0.05) is 19.3 Å². The first-order valence-electron chi connectivity index (χ1n) is 31.4. The van der Waals surface area contributed by atoms with Crippen LogP contribution in [0.25, 0.3) is 0 Å².